The third kappa shape index (κ3) is 5.63. The molecule has 6 nitrogen and oxygen atoms in total. The molecule has 0 saturated heterocycles. The molecular weight excluding hydrogens is 393 g/mol. The van der Waals surface area contributed by atoms with Gasteiger partial charge in [0.2, 0.25) is 0 Å². The normalized spacial score (nSPS) is 11.1. The Morgan fingerprint density at radius 3 is 2.77 bits per heavy atom. The third-order valence-corrected chi connectivity index (χ3v) is 3.24. The standard InChI is InChI=1S/C15H21N5O.HI/c1-11-14(12(2)21-20-11)7-10-19-15(16)18-9-6-13-5-3-4-8-17-13;/h3-5,8H,6-7,9-10H2,1-2H3,(H3,16,18,19);1H. The van der Waals surface area contributed by atoms with E-state index in [1.54, 1.807) is 6.20 Å². The number of hydrogen-bond acceptors (Lipinski definition) is 4. The van der Waals surface area contributed by atoms with Crippen LogP contribution >= 0.6 is 24.0 Å². The molecule has 0 spiro atoms. The Hall–Kier alpha value is -1.64. The molecule has 0 atom stereocenters. The minimum atomic E-state index is 0. The smallest absolute Gasteiger partial charge is 0.188 e. The molecular formula is C15H22IN5O. The molecule has 0 fully saturated rings. The van der Waals surface area contributed by atoms with Crippen LogP contribution in [0, 0.1) is 13.8 Å². The highest BCUT2D eigenvalue weighted by Crippen LogP contribution is 2.11. The average molecular weight is 415 g/mol. The molecule has 3 N–H and O–H groups in total. The summed E-state index contributed by atoms with van der Waals surface area (Å²) in [6.45, 7) is 5.19. The van der Waals surface area contributed by atoms with Crippen molar-refractivity contribution < 1.29 is 4.52 Å². The quantitative estimate of drug-likeness (QED) is 0.428. The first kappa shape index (κ1) is 18.4. The van der Waals surface area contributed by atoms with Crippen molar-refractivity contribution in [2.24, 2.45) is 10.7 Å². The first-order chi connectivity index (χ1) is 10.2. The average Bonchev–Trinajstić information content (AvgIpc) is 2.80. The molecule has 0 aromatic carbocycles. The molecule has 7 heteroatoms. The molecule has 2 rings (SSSR count). The van der Waals surface area contributed by atoms with Crippen LogP contribution in [0.25, 0.3) is 0 Å². The minimum Gasteiger partial charge on any atom is -0.370 e. The zero-order chi connectivity index (χ0) is 15.1. The third-order valence-electron chi connectivity index (χ3n) is 3.24. The maximum atomic E-state index is 5.83. The Bertz CT molecular complexity index is 578. The van der Waals surface area contributed by atoms with E-state index in [9.17, 15) is 0 Å². The van der Waals surface area contributed by atoms with Gasteiger partial charge in [0.05, 0.1) is 5.69 Å². The van der Waals surface area contributed by atoms with Crippen LogP contribution in [-0.4, -0.2) is 29.2 Å². The van der Waals surface area contributed by atoms with E-state index < -0.39 is 0 Å². The van der Waals surface area contributed by atoms with E-state index >= 15 is 0 Å². The predicted molar refractivity (Wildman–Crippen MR) is 97.5 cm³/mol. The van der Waals surface area contributed by atoms with Crippen molar-refractivity contribution in [2.45, 2.75) is 26.7 Å². The van der Waals surface area contributed by atoms with Crippen molar-refractivity contribution in [1.29, 1.82) is 0 Å². The Kier molecular flexibility index (Phi) is 7.86. The molecule has 22 heavy (non-hydrogen) atoms. The topological polar surface area (TPSA) is 89.3 Å². The van der Waals surface area contributed by atoms with E-state index in [-0.39, 0.29) is 24.0 Å². The Morgan fingerprint density at radius 1 is 1.32 bits per heavy atom. The lowest BCUT2D eigenvalue weighted by atomic mass is 10.1. The Morgan fingerprint density at radius 2 is 2.14 bits per heavy atom. The van der Waals surface area contributed by atoms with Gasteiger partial charge in [-0.3, -0.25) is 9.98 Å². The summed E-state index contributed by atoms with van der Waals surface area (Å²) in [5, 5.41) is 7.03. The lowest BCUT2D eigenvalue weighted by Crippen LogP contribution is -2.33. The number of pyridine rings is 1. The predicted octanol–water partition coefficient (Wildman–Crippen LogP) is 1.99. The number of aliphatic imine (C=N–C) groups is 1. The highest BCUT2D eigenvalue weighted by Gasteiger charge is 2.07. The zero-order valence-electron chi connectivity index (χ0n) is 12.9. The van der Waals surface area contributed by atoms with Crippen LogP contribution in [0.4, 0.5) is 0 Å². The van der Waals surface area contributed by atoms with Gasteiger partial charge in [-0.1, -0.05) is 11.2 Å². The molecule has 0 unspecified atom stereocenters. The number of guanidine groups is 1. The second-order valence-corrected chi connectivity index (χ2v) is 4.82. The number of nitrogens with one attached hydrogen (secondary N) is 1. The maximum Gasteiger partial charge on any atom is 0.188 e. The van der Waals surface area contributed by atoms with Gasteiger partial charge in [0.25, 0.3) is 0 Å². The maximum absolute atomic E-state index is 5.83. The number of hydrogen-bond donors (Lipinski definition) is 2. The van der Waals surface area contributed by atoms with Crippen LogP contribution in [0.5, 0.6) is 0 Å². The Balaban J connectivity index is 0.00000242. The van der Waals surface area contributed by atoms with Gasteiger partial charge in [0.1, 0.15) is 5.76 Å². The fourth-order valence-electron chi connectivity index (χ4n) is 2.07. The van der Waals surface area contributed by atoms with Crippen LogP contribution in [0.1, 0.15) is 22.7 Å². The summed E-state index contributed by atoms with van der Waals surface area (Å²) >= 11 is 0. The van der Waals surface area contributed by atoms with Crippen molar-refractivity contribution in [3.05, 3.63) is 47.1 Å². The van der Waals surface area contributed by atoms with Gasteiger partial charge in [-0.15, -0.1) is 24.0 Å². The highest BCUT2D eigenvalue weighted by atomic mass is 127. The van der Waals surface area contributed by atoms with Crippen molar-refractivity contribution in [3.8, 4) is 0 Å². The van der Waals surface area contributed by atoms with Crippen molar-refractivity contribution >= 4 is 29.9 Å². The van der Waals surface area contributed by atoms with Crippen LogP contribution in [-0.2, 0) is 12.8 Å². The van der Waals surface area contributed by atoms with Crippen LogP contribution in [0.15, 0.2) is 33.9 Å². The lowest BCUT2D eigenvalue weighted by molar-refractivity contribution is 0.392. The number of aromatic nitrogens is 2. The van der Waals surface area contributed by atoms with E-state index in [4.69, 9.17) is 10.3 Å². The van der Waals surface area contributed by atoms with E-state index in [1.807, 2.05) is 32.0 Å². The molecule has 0 aliphatic rings. The summed E-state index contributed by atoms with van der Waals surface area (Å²) in [6, 6.07) is 5.85. The fourth-order valence-corrected chi connectivity index (χ4v) is 2.07. The van der Waals surface area contributed by atoms with Gasteiger partial charge in [-0.2, -0.15) is 0 Å². The highest BCUT2D eigenvalue weighted by molar-refractivity contribution is 14.0. The van der Waals surface area contributed by atoms with E-state index in [0.717, 1.165) is 35.6 Å². The van der Waals surface area contributed by atoms with Crippen molar-refractivity contribution in [2.75, 3.05) is 13.1 Å². The monoisotopic (exact) mass is 415 g/mol. The summed E-state index contributed by atoms with van der Waals surface area (Å²) in [5.41, 5.74) is 8.91. The van der Waals surface area contributed by atoms with Gasteiger partial charge in [-0.25, -0.2) is 0 Å². The lowest BCUT2D eigenvalue weighted by Gasteiger charge is -2.05. The molecule has 0 saturated carbocycles. The molecule has 2 aromatic rings. The van der Waals surface area contributed by atoms with Gasteiger partial charge < -0.3 is 15.6 Å². The summed E-state index contributed by atoms with van der Waals surface area (Å²) in [5.74, 6) is 1.32. The fraction of sp³-hybridized carbons (Fsp3) is 0.400. The summed E-state index contributed by atoms with van der Waals surface area (Å²) in [7, 11) is 0. The zero-order valence-corrected chi connectivity index (χ0v) is 15.2. The molecule has 2 heterocycles. The molecule has 0 aliphatic carbocycles. The molecule has 0 amide bonds. The van der Waals surface area contributed by atoms with Crippen LogP contribution < -0.4 is 11.1 Å². The number of halogens is 1. The largest absolute Gasteiger partial charge is 0.370 e. The minimum absolute atomic E-state index is 0. The van der Waals surface area contributed by atoms with Gasteiger partial charge in [-0.05, 0) is 32.4 Å². The van der Waals surface area contributed by atoms with Crippen molar-refractivity contribution in [1.82, 2.24) is 15.5 Å². The first-order valence-corrected chi connectivity index (χ1v) is 7.02. The van der Waals surface area contributed by atoms with E-state index in [2.05, 4.69) is 20.4 Å². The van der Waals surface area contributed by atoms with Crippen LogP contribution in [0.3, 0.4) is 0 Å². The second-order valence-electron chi connectivity index (χ2n) is 4.82. The number of rotatable bonds is 6. The first-order valence-electron chi connectivity index (χ1n) is 7.02. The molecule has 2 aromatic heterocycles. The molecule has 0 radical (unpaired) electrons. The van der Waals surface area contributed by atoms with Gasteiger partial charge in [0, 0.05) is 37.0 Å². The number of aryl methyl sites for hydroxylation is 2. The summed E-state index contributed by atoms with van der Waals surface area (Å²) in [6.07, 6.45) is 3.38. The molecule has 120 valence electrons. The molecule has 0 bridgehead atoms. The number of nitrogens with two attached hydrogens (primary N) is 1. The summed E-state index contributed by atoms with van der Waals surface area (Å²) < 4.78 is 5.12. The summed E-state index contributed by atoms with van der Waals surface area (Å²) in [4.78, 5) is 8.53. The van der Waals surface area contributed by atoms with Crippen molar-refractivity contribution in [3.63, 3.8) is 0 Å². The molecule has 0 aliphatic heterocycles. The number of nitrogens with zero attached hydrogens (tertiary/aromatic N) is 3. The second kappa shape index (κ2) is 9.39. The van der Waals surface area contributed by atoms with E-state index in [0.29, 0.717) is 19.0 Å². The van der Waals surface area contributed by atoms with Gasteiger partial charge in [0.15, 0.2) is 5.96 Å². The SMILES string of the molecule is Cc1noc(C)c1CCNC(N)=NCCc1ccccn1.I. The van der Waals surface area contributed by atoms with Gasteiger partial charge >= 0.3 is 0 Å². The van der Waals surface area contributed by atoms with Crippen LogP contribution in [0.2, 0.25) is 0 Å². The Labute approximate surface area is 147 Å². The van der Waals surface area contributed by atoms with E-state index in [1.165, 1.54) is 0 Å².